The van der Waals surface area contributed by atoms with Gasteiger partial charge in [0.25, 0.3) is 0 Å². The predicted octanol–water partition coefficient (Wildman–Crippen LogP) is 0.917. The van der Waals surface area contributed by atoms with E-state index in [9.17, 15) is 9.59 Å². The van der Waals surface area contributed by atoms with Crippen molar-refractivity contribution in [3.8, 4) is 0 Å². The van der Waals surface area contributed by atoms with Gasteiger partial charge >= 0.3 is 11.9 Å². The third-order valence-electron chi connectivity index (χ3n) is 3.38. The summed E-state index contributed by atoms with van der Waals surface area (Å²) in [4.78, 5) is 22.1. The molecule has 1 fully saturated rings. The third kappa shape index (κ3) is 2.51. The van der Waals surface area contributed by atoms with Gasteiger partial charge in [0, 0.05) is 6.54 Å². The molecule has 1 aliphatic rings. The van der Waals surface area contributed by atoms with Gasteiger partial charge in [-0.2, -0.15) is 0 Å². The highest BCUT2D eigenvalue weighted by Gasteiger charge is 2.39. The van der Waals surface area contributed by atoms with Crippen LogP contribution in [-0.2, 0) is 9.59 Å². The number of nitrogens with one attached hydrogen (secondary N) is 1. The first-order valence-electron chi connectivity index (χ1n) is 5.83. The van der Waals surface area contributed by atoms with E-state index in [0.29, 0.717) is 13.0 Å². The number of carbonyl (C=O) groups is 2. The number of piperidine rings is 1. The highest BCUT2D eigenvalue weighted by atomic mass is 16.4. The van der Waals surface area contributed by atoms with E-state index in [1.165, 1.54) is 0 Å². The number of carboxylic acids is 2. The van der Waals surface area contributed by atoms with Crippen molar-refractivity contribution in [2.75, 3.05) is 6.54 Å². The molecule has 5 nitrogen and oxygen atoms in total. The lowest BCUT2D eigenvalue weighted by Crippen LogP contribution is -2.51. The summed E-state index contributed by atoms with van der Waals surface area (Å²) in [6, 6.07) is 8.57. The second kappa shape index (κ2) is 5.18. The molecule has 0 aliphatic carbocycles. The largest absolute Gasteiger partial charge is 0.481 e. The van der Waals surface area contributed by atoms with Crippen molar-refractivity contribution in [2.24, 2.45) is 5.92 Å². The standard InChI is InChI=1S/C13H15NO4/c15-12(16)10-6-9(7-14-11(10)13(17)18)8-4-2-1-3-5-8/h1-5,9-11,14H,6-7H2,(H,15,16)(H,17,18). The zero-order chi connectivity index (χ0) is 13.1. The first-order valence-corrected chi connectivity index (χ1v) is 5.83. The number of benzene rings is 1. The van der Waals surface area contributed by atoms with Gasteiger partial charge in [-0.25, -0.2) is 0 Å². The number of hydrogen-bond donors (Lipinski definition) is 3. The van der Waals surface area contributed by atoms with Crippen LogP contribution < -0.4 is 5.32 Å². The Labute approximate surface area is 104 Å². The number of aliphatic carboxylic acids is 2. The molecule has 1 heterocycles. The van der Waals surface area contributed by atoms with Gasteiger partial charge < -0.3 is 15.5 Å². The lowest BCUT2D eigenvalue weighted by Gasteiger charge is -2.32. The minimum Gasteiger partial charge on any atom is -0.481 e. The van der Waals surface area contributed by atoms with Crippen molar-refractivity contribution >= 4 is 11.9 Å². The molecule has 3 N–H and O–H groups in total. The molecular formula is C13H15NO4. The highest BCUT2D eigenvalue weighted by molar-refractivity contribution is 5.83. The van der Waals surface area contributed by atoms with Gasteiger partial charge in [0.1, 0.15) is 6.04 Å². The highest BCUT2D eigenvalue weighted by Crippen LogP contribution is 2.29. The van der Waals surface area contributed by atoms with Gasteiger partial charge in [-0.05, 0) is 17.9 Å². The van der Waals surface area contributed by atoms with Crippen molar-refractivity contribution in [3.63, 3.8) is 0 Å². The number of rotatable bonds is 3. The van der Waals surface area contributed by atoms with Crippen LogP contribution in [-0.4, -0.2) is 34.7 Å². The number of carboxylic acid groups (broad SMARTS) is 2. The first kappa shape index (κ1) is 12.6. The predicted molar refractivity (Wildman–Crippen MR) is 64.4 cm³/mol. The summed E-state index contributed by atoms with van der Waals surface area (Å²) in [6.07, 6.45) is 0.351. The van der Waals surface area contributed by atoms with E-state index in [2.05, 4.69) is 5.32 Å². The van der Waals surface area contributed by atoms with Crippen LogP contribution in [0.2, 0.25) is 0 Å². The quantitative estimate of drug-likeness (QED) is 0.741. The second-order valence-electron chi connectivity index (χ2n) is 4.51. The molecule has 18 heavy (non-hydrogen) atoms. The molecule has 3 unspecified atom stereocenters. The molecule has 0 amide bonds. The van der Waals surface area contributed by atoms with Crippen LogP contribution in [0.1, 0.15) is 17.9 Å². The molecule has 0 spiro atoms. The molecule has 0 radical (unpaired) electrons. The van der Waals surface area contributed by atoms with Gasteiger partial charge in [-0.15, -0.1) is 0 Å². The second-order valence-corrected chi connectivity index (χ2v) is 4.51. The zero-order valence-electron chi connectivity index (χ0n) is 9.74. The van der Waals surface area contributed by atoms with Crippen molar-refractivity contribution < 1.29 is 19.8 Å². The van der Waals surface area contributed by atoms with Crippen LogP contribution in [0.4, 0.5) is 0 Å². The van der Waals surface area contributed by atoms with Crippen LogP contribution >= 0.6 is 0 Å². The van der Waals surface area contributed by atoms with E-state index < -0.39 is 23.9 Å². The normalized spacial score (nSPS) is 27.7. The zero-order valence-corrected chi connectivity index (χ0v) is 9.74. The van der Waals surface area contributed by atoms with E-state index in [0.717, 1.165) is 5.56 Å². The summed E-state index contributed by atoms with van der Waals surface area (Å²) in [5.74, 6) is -3.01. The average molecular weight is 249 g/mol. The maximum Gasteiger partial charge on any atom is 0.321 e. The molecule has 1 aromatic carbocycles. The molecule has 1 aliphatic heterocycles. The molecular weight excluding hydrogens is 234 g/mol. The topological polar surface area (TPSA) is 86.6 Å². The molecule has 2 rings (SSSR count). The SMILES string of the molecule is O=C(O)C1CC(c2ccccc2)CNC1C(=O)O. The first-order chi connectivity index (χ1) is 8.59. The maximum absolute atomic E-state index is 11.1. The molecule has 0 aromatic heterocycles. The summed E-state index contributed by atoms with van der Waals surface area (Å²) in [7, 11) is 0. The maximum atomic E-state index is 11.1. The Balaban J connectivity index is 2.16. The van der Waals surface area contributed by atoms with Gasteiger partial charge in [0.05, 0.1) is 5.92 Å². The molecule has 5 heteroatoms. The van der Waals surface area contributed by atoms with Crippen LogP contribution in [0.3, 0.4) is 0 Å². The smallest absolute Gasteiger partial charge is 0.321 e. The minimum absolute atomic E-state index is 0.0444. The molecule has 0 saturated carbocycles. The van der Waals surface area contributed by atoms with Gasteiger partial charge in [-0.1, -0.05) is 30.3 Å². The Bertz CT molecular complexity index is 446. The fraction of sp³-hybridized carbons (Fsp3) is 0.385. The van der Waals surface area contributed by atoms with Crippen molar-refractivity contribution in [1.29, 1.82) is 0 Å². The van der Waals surface area contributed by atoms with E-state index in [1.54, 1.807) is 0 Å². The van der Waals surface area contributed by atoms with Crippen LogP contribution in [0.5, 0.6) is 0 Å². The summed E-state index contributed by atoms with van der Waals surface area (Å²) in [5, 5.41) is 20.9. The van der Waals surface area contributed by atoms with E-state index in [4.69, 9.17) is 10.2 Å². The fourth-order valence-corrected chi connectivity index (χ4v) is 2.42. The van der Waals surface area contributed by atoms with Gasteiger partial charge in [-0.3, -0.25) is 9.59 Å². The van der Waals surface area contributed by atoms with Crippen molar-refractivity contribution in [1.82, 2.24) is 5.32 Å². The van der Waals surface area contributed by atoms with Crippen LogP contribution in [0.25, 0.3) is 0 Å². The Hall–Kier alpha value is -1.88. The average Bonchev–Trinajstić information content (AvgIpc) is 2.39. The molecule has 1 saturated heterocycles. The van der Waals surface area contributed by atoms with Gasteiger partial charge in [0.15, 0.2) is 0 Å². The molecule has 96 valence electrons. The van der Waals surface area contributed by atoms with Crippen LogP contribution in [0.15, 0.2) is 30.3 Å². The van der Waals surface area contributed by atoms with E-state index in [1.807, 2.05) is 30.3 Å². The Morgan fingerprint density at radius 1 is 1.11 bits per heavy atom. The Kier molecular flexibility index (Phi) is 3.62. The van der Waals surface area contributed by atoms with Gasteiger partial charge in [0.2, 0.25) is 0 Å². The van der Waals surface area contributed by atoms with E-state index >= 15 is 0 Å². The fourth-order valence-electron chi connectivity index (χ4n) is 2.42. The summed E-state index contributed by atoms with van der Waals surface area (Å²) >= 11 is 0. The number of hydrogen-bond acceptors (Lipinski definition) is 3. The monoisotopic (exact) mass is 249 g/mol. The molecule has 0 bridgehead atoms. The summed E-state index contributed by atoms with van der Waals surface area (Å²) in [5.41, 5.74) is 1.04. The van der Waals surface area contributed by atoms with Crippen molar-refractivity contribution in [3.05, 3.63) is 35.9 Å². The summed E-state index contributed by atoms with van der Waals surface area (Å²) in [6.45, 7) is 0.491. The minimum atomic E-state index is -1.10. The lowest BCUT2D eigenvalue weighted by atomic mass is 9.81. The molecule has 1 aromatic rings. The third-order valence-corrected chi connectivity index (χ3v) is 3.38. The van der Waals surface area contributed by atoms with Crippen molar-refractivity contribution in [2.45, 2.75) is 18.4 Å². The lowest BCUT2D eigenvalue weighted by molar-refractivity contribution is -0.152. The molecule has 3 atom stereocenters. The van der Waals surface area contributed by atoms with Crippen LogP contribution in [0, 0.1) is 5.92 Å². The summed E-state index contributed by atoms with van der Waals surface area (Å²) < 4.78 is 0. The Morgan fingerprint density at radius 3 is 2.33 bits per heavy atom. The Morgan fingerprint density at radius 2 is 1.78 bits per heavy atom. The van der Waals surface area contributed by atoms with E-state index in [-0.39, 0.29) is 5.92 Å².